The van der Waals surface area contributed by atoms with Crippen molar-refractivity contribution in [1.82, 2.24) is 0 Å². The van der Waals surface area contributed by atoms with Gasteiger partial charge in [0.25, 0.3) is 0 Å². The van der Waals surface area contributed by atoms with Gasteiger partial charge in [-0.05, 0) is 135 Å². The highest BCUT2D eigenvalue weighted by Gasteiger charge is 2.74. The molecule has 12 fully saturated rings. The summed E-state index contributed by atoms with van der Waals surface area (Å²) in [6.45, 7) is 19.4. The van der Waals surface area contributed by atoms with E-state index in [2.05, 4.69) is 19.9 Å². The van der Waals surface area contributed by atoms with Gasteiger partial charge in [-0.3, -0.25) is 14.4 Å². The second-order valence-corrected chi connectivity index (χ2v) is 43.5. The summed E-state index contributed by atoms with van der Waals surface area (Å²) >= 11 is 0. The van der Waals surface area contributed by atoms with Gasteiger partial charge in [-0.2, -0.15) is 0 Å². The van der Waals surface area contributed by atoms with Gasteiger partial charge in [-0.15, -0.1) is 0 Å². The van der Waals surface area contributed by atoms with Crippen LogP contribution in [0.5, 0.6) is 0 Å². The summed E-state index contributed by atoms with van der Waals surface area (Å²) in [6, 6.07) is 0. The maximum Gasteiger partial charge on any atom is 0.335 e. The molecular formula is C94H152O46. The van der Waals surface area contributed by atoms with E-state index in [9.17, 15) is 137 Å². The van der Waals surface area contributed by atoms with Crippen molar-refractivity contribution >= 4 is 30.2 Å². The molecule has 23 N–H and O–H groups in total. The topological polar surface area (TPSA) is 717 Å². The molecule has 0 radical (unpaired) electrons. The normalized spacial score (nSPS) is 48.8. The number of aliphatic hydroxyl groups excluding tert-OH is 21. The zero-order chi connectivity index (χ0) is 103. The Hall–Kier alpha value is -4.19. The third-order valence-electron chi connectivity index (χ3n) is 34.1. The first kappa shape index (κ1) is 113. The number of aliphatic hydroxyl groups is 22. The van der Waals surface area contributed by atoms with Crippen LogP contribution in [0.3, 0.4) is 0 Å². The molecule has 0 bridgehead atoms. The molecule has 13 aliphatic rings. The van der Waals surface area contributed by atoms with E-state index in [1.54, 1.807) is 13.8 Å². The number of carboxylic acid groups (broad SMARTS) is 1. The van der Waals surface area contributed by atoms with Gasteiger partial charge in [0.2, 0.25) is 6.29 Å². The van der Waals surface area contributed by atoms with Gasteiger partial charge < -0.3 is 208 Å². The average Bonchev–Trinajstić information content (AvgIpc) is 0.743. The number of allylic oxidation sites excluding steroid dienone is 2. The van der Waals surface area contributed by atoms with Crippen LogP contribution in [0.4, 0.5) is 0 Å². The van der Waals surface area contributed by atoms with E-state index in [1.807, 2.05) is 48.5 Å². The molecule has 5 aliphatic carbocycles. The predicted octanol–water partition coefficient (Wildman–Crippen LogP) is -5.05. The van der Waals surface area contributed by atoms with E-state index >= 15 is 4.79 Å². The number of ether oxygens (including phenoxy) is 18. The first-order valence-corrected chi connectivity index (χ1v) is 49.2. The number of aldehydes is 1. The van der Waals surface area contributed by atoms with Gasteiger partial charge in [0, 0.05) is 6.42 Å². The van der Waals surface area contributed by atoms with Crippen molar-refractivity contribution in [2.45, 2.75) is 438 Å². The van der Waals surface area contributed by atoms with Crippen LogP contribution in [0.25, 0.3) is 0 Å². The van der Waals surface area contributed by atoms with Crippen LogP contribution >= 0.6 is 0 Å². The van der Waals surface area contributed by atoms with E-state index in [0.717, 1.165) is 18.3 Å². The first-order valence-electron chi connectivity index (χ1n) is 49.2. The minimum absolute atomic E-state index is 0.0230. The number of esters is 3. The molecular weight excluding hydrogens is 1860 g/mol. The van der Waals surface area contributed by atoms with Crippen molar-refractivity contribution in [1.29, 1.82) is 0 Å². The van der Waals surface area contributed by atoms with E-state index in [0.29, 0.717) is 32.1 Å². The second-order valence-electron chi connectivity index (χ2n) is 43.5. The quantitative estimate of drug-likeness (QED) is 0.00928. The van der Waals surface area contributed by atoms with Gasteiger partial charge in [-0.1, -0.05) is 101 Å². The standard InChI is InChI=1S/C94H152O46/c1-14-37(3)39(5)24-42(99)26-55(104)128-48(38(4)15-2)25-43(100)27-56(105)132-69-40(6)127-84(75(65(69)114)138-83-68(117)73(136-81-63(112)60(109)58(107)49(30-95)129-81)70(41(7)126-83)133-80-67(116)71(47(102)33-124-80)134-86-77(118)93(122,35-98)36-125-86)140-87(121)94-23-22-88(8,9)28-45(94)44-16-17-52-89(10)20-19-54(90(11,34-97)51(89)18-21-91(52,12)92(44,13)29-53(94)103)131-85-76(139-82-64(113)61(110)59(108)50(31-96)130-82)72(66(115)74(137-85)78(119)120)135-79-62(111)57(106)46(101)32-123-79/h16,34,37-43,45-54,57-77,79-86,95-96,98-103,106-118,122H,14-15,17-33,35-36H2,1-13H3,(H,119,120)/t37-,38-,39-,40?,41?,42-,43-,45?,46+,47?,48-,49?,50?,51?,52?,53+,54-,57-,58+,59-,60-,61-,62?,63?,64?,65?,66+,67-,68?,69+,70-,71-,72-,73+,74?,75+,76?,77?,79-,80?,81-,82-,83-,84-,85+,86-,89-,90-,91+,92+,93+,94+/m0/s1. The van der Waals surface area contributed by atoms with E-state index in [-0.39, 0.29) is 75.0 Å². The summed E-state index contributed by atoms with van der Waals surface area (Å²) in [7, 11) is 0. The zero-order valence-electron chi connectivity index (χ0n) is 81.2. The second kappa shape index (κ2) is 44.9. The number of aliphatic carboxylic acids is 1. The molecule has 8 aliphatic heterocycles. The molecule has 46 nitrogen and oxygen atoms in total. The number of carbonyl (C=O) groups is 5. The van der Waals surface area contributed by atoms with Gasteiger partial charge >= 0.3 is 23.9 Å². The Morgan fingerprint density at radius 2 is 1.03 bits per heavy atom. The Morgan fingerprint density at radius 3 is 1.63 bits per heavy atom. The van der Waals surface area contributed by atoms with Crippen molar-refractivity contribution in [3.63, 3.8) is 0 Å². The smallest absolute Gasteiger partial charge is 0.335 e. The lowest BCUT2D eigenvalue weighted by atomic mass is 9.33. The Labute approximate surface area is 810 Å². The van der Waals surface area contributed by atoms with Crippen LogP contribution in [0.1, 0.15) is 186 Å². The Bertz CT molecular complexity index is 4150. The lowest BCUT2D eigenvalue weighted by Gasteiger charge is -2.71. The molecule has 0 aromatic carbocycles. The van der Waals surface area contributed by atoms with Crippen LogP contribution in [0.15, 0.2) is 11.6 Å². The van der Waals surface area contributed by atoms with E-state index < -0.39 is 366 Å². The molecule has 0 amide bonds. The third kappa shape index (κ3) is 21.8. The zero-order valence-corrected chi connectivity index (χ0v) is 81.2. The summed E-state index contributed by atoms with van der Waals surface area (Å²) in [4.78, 5) is 72.2. The largest absolute Gasteiger partial charge is 0.479 e. The number of hydrogen-bond donors (Lipinski definition) is 23. The monoisotopic (exact) mass is 2020 g/mol. The summed E-state index contributed by atoms with van der Waals surface area (Å²) in [6.07, 6.45) is -70.6. The first-order chi connectivity index (χ1) is 65.7. The minimum atomic E-state index is -2.35. The molecule has 0 aromatic rings. The highest BCUT2D eigenvalue weighted by molar-refractivity contribution is 5.80. The van der Waals surface area contributed by atoms with Gasteiger partial charge in [0.15, 0.2) is 62.3 Å². The maximum absolute atomic E-state index is 16.6. The van der Waals surface area contributed by atoms with Crippen molar-refractivity contribution < 1.29 is 227 Å². The maximum atomic E-state index is 16.6. The number of rotatable bonds is 35. The molecule has 13 rings (SSSR count). The van der Waals surface area contributed by atoms with Crippen molar-refractivity contribution in [2.75, 3.05) is 39.6 Å². The van der Waals surface area contributed by atoms with Crippen LogP contribution in [0, 0.1) is 68.0 Å². The summed E-state index contributed by atoms with van der Waals surface area (Å²) in [5, 5.41) is 259. The lowest BCUT2D eigenvalue weighted by Crippen LogP contribution is -2.69. The molecule has 4 saturated carbocycles. The fourth-order valence-corrected chi connectivity index (χ4v) is 24.6. The Kier molecular flexibility index (Phi) is 36.2. The molecule has 0 aromatic heterocycles. The van der Waals surface area contributed by atoms with Crippen molar-refractivity contribution in [3.8, 4) is 0 Å². The molecule has 17 unspecified atom stereocenters. The van der Waals surface area contributed by atoms with Crippen LogP contribution in [-0.4, -0.2) is 439 Å². The molecule has 8 heterocycles. The third-order valence-corrected chi connectivity index (χ3v) is 34.1. The number of carbonyl (C=O) groups excluding carboxylic acids is 4. The fourth-order valence-electron chi connectivity index (χ4n) is 24.6. The average molecular weight is 2020 g/mol. The molecule has 8 saturated heterocycles. The Balaban J connectivity index is 0.800. The SMILES string of the molecule is CC[C@H](C)[C@H](C[C@H](O)CC(=O)O[C@@H]1C(C)O[C@@H](OC(=O)[C@]23CCC(C)(C)CC2C2=CCC4[C@@]5(C)CC[C@H](O[C@@H]6OC(C(=O)O)[C@H](O)[C@H](O[C@@H]7OC[C@@H](O)[C@H](O)C7O)C6O[C@@H]6OC(CO)[C@H](O)[C@H](O)C6O)[C@@](C)(C=O)C5CC[C@@]4(C)[C@]2(C)C[C@H]3O)[C@H](O[C@@H]2OC(C)[C@H](OC3OCC(O)[C@H](O[C@@H]4OC[C@](O)(CO)C4O)[C@@H]3O)[C@H](O[C@@H]3OC(CO)[C@@H](O)[C@H](O)C3O)C2O)C1O)OC(=O)C[C@@H](O)C[C@H](C)[C@@H](C)CC. The highest BCUT2D eigenvalue weighted by Crippen LogP contribution is 2.76. The van der Waals surface area contributed by atoms with E-state index in [4.69, 9.17) is 85.3 Å². The number of fused-ring (bicyclic) bond motifs is 7. The van der Waals surface area contributed by atoms with Gasteiger partial charge in [0.05, 0.1) is 94.5 Å². The highest BCUT2D eigenvalue weighted by atomic mass is 16.8. The minimum Gasteiger partial charge on any atom is -0.479 e. The van der Waals surface area contributed by atoms with Crippen molar-refractivity contribution in [3.05, 3.63) is 11.6 Å². The van der Waals surface area contributed by atoms with Crippen LogP contribution < -0.4 is 0 Å². The lowest BCUT2D eigenvalue weighted by molar-refractivity contribution is -0.396. The van der Waals surface area contributed by atoms with Crippen LogP contribution in [-0.2, 0) is 109 Å². The van der Waals surface area contributed by atoms with E-state index in [1.165, 1.54) is 13.8 Å². The predicted molar refractivity (Wildman–Crippen MR) is 467 cm³/mol. The molecule has 0 spiro atoms. The molecule has 52 atom stereocenters. The summed E-state index contributed by atoms with van der Waals surface area (Å²) in [5.74, 6) is -6.56. The fraction of sp³-hybridized carbons (Fsp3) is 0.926. The molecule has 804 valence electrons. The Morgan fingerprint density at radius 1 is 0.493 bits per heavy atom. The summed E-state index contributed by atoms with van der Waals surface area (Å²) in [5.41, 5.74) is -7.99. The van der Waals surface area contributed by atoms with Crippen LogP contribution in [0.2, 0.25) is 0 Å². The van der Waals surface area contributed by atoms with Crippen molar-refractivity contribution in [2.24, 2.45) is 68.0 Å². The number of hydrogen-bond acceptors (Lipinski definition) is 45. The molecule has 46 heteroatoms. The molecule has 140 heavy (non-hydrogen) atoms. The van der Waals surface area contributed by atoms with Gasteiger partial charge in [-0.25, -0.2) is 4.79 Å². The van der Waals surface area contributed by atoms with Gasteiger partial charge in [0.1, 0.15) is 158 Å². The summed E-state index contributed by atoms with van der Waals surface area (Å²) < 4.78 is 110. The number of carboxylic acids is 1.